The van der Waals surface area contributed by atoms with Crippen LogP contribution < -0.4 is 10.1 Å². The molecule has 0 aliphatic heterocycles. The molecule has 1 saturated carbocycles. The van der Waals surface area contributed by atoms with E-state index in [1.54, 1.807) is 6.20 Å². The van der Waals surface area contributed by atoms with E-state index in [-0.39, 0.29) is 0 Å². The maximum absolute atomic E-state index is 10.5. The summed E-state index contributed by atoms with van der Waals surface area (Å²) in [5.74, 6) is 0.871. The highest BCUT2D eigenvalue weighted by atomic mass is 16.5. The monoisotopic (exact) mass is 230 g/mol. The van der Waals surface area contributed by atoms with Gasteiger partial charge in [-0.2, -0.15) is 0 Å². The normalized spacial score (nSPS) is 15.5. The SMILES string of the molecule is O=CNc1c[nH]c2ccc(OC3CCC3)cc12. The lowest BCUT2D eigenvalue weighted by Crippen LogP contribution is -2.24. The molecule has 4 nitrogen and oxygen atoms in total. The number of benzene rings is 1. The molecule has 0 saturated heterocycles. The Labute approximate surface area is 99.0 Å². The van der Waals surface area contributed by atoms with Gasteiger partial charge in [0.1, 0.15) is 5.75 Å². The summed E-state index contributed by atoms with van der Waals surface area (Å²) in [6.45, 7) is 0. The van der Waals surface area contributed by atoms with Gasteiger partial charge >= 0.3 is 0 Å². The van der Waals surface area contributed by atoms with Crippen LogP contribution in [-0.2, 0) is 4.79 Å². The molecule has 1 aromatic heterocycles. The van der Waals surface area contributed by atoms with Crippen molar-refractivity contribution in [2.75, 3.05) is 5.32 Å². The van der Waals surface area contributed by atoms with E-state index in [0.717, 1.165) is 35.2 Å². The van der Waals surface area contributed by atoms with Crippen LogP contribution in [-0.4, -0.2) is 17.5 Å². The minimum atomic E-state index is 0.369. The summed E-state index contributed by atoms with van der Waals surface area (Å²) in [5.41, 5.74) is 1.78. The summed E-state index contributed by atoms with van der Waals surface area (Å²) in [4.78, 5) is 13.6. The van der Waals surface area contributed by atoms with Crippen molar-refractivity contribution < 1.29 is 9.53 Å². The van der Waals surface area contributed by atoms with Gasteiger partial charge in [-0.15, -0.1) is 0 Å². The number of ether oxygens (including phenoxy) is 1. The largest absolute Gasteiger partial charge is 0.490 e. The lowest BCUT2D eigenvalue weighted by atomic mass is 9.96. The van der Waals surface area contributed by atoms with Crippen molar-refractivity contribution in [1.29, 1.82) is 0 Å². The van der Waals surface area contributed by atoms with E-state index < -0.39 is 0 Å². The number of aromatic nitrogens is 1. The lowest BCUT2D eigenvalue weighted by Gasteiger charge is -2.26. The first-order valence-corrected chi connectivity index (χ1v) is 5.85. The number of hydrogen-bond acceptors (Lipinski definition) is 2. The molecule has 3 rings (SSSR count). The standard InChI is InChI=1S/C13H14N2O2/c16-8-15-13-7-14-12-5-4-10(6-11(12)13)17-9-2-1-3-9/h4-9,14H,1-3H2,(H,15,16). The van der Waals surface area contributed by atoms with Gasteiger partial charge in [0, 0.05) is 17.1 Å². The number of nitrogens with one attached hydrogen (secondary N) is 2. The summed E-state index contributed by atoms with van der Waals surface area (Å²) in [5, 5.41) is 3.65. The molecule has 1 heterocycles. The van der Waals surface area contributed by atoms with Gasteiger partial charge in [0.05, 0.1) is 11.8 Å². The Morgan fingerprint density at radius 3 is 3.00 bits per heavy atom. The van der Waals surface area contributed by atoms with Gasteiger partial charge in [-0.1, -0.05) is 0 Å². The summed E-state index contributed by atoms with van der Waals surface area (Å²) in [6.07, 6.45) is 6.38. The summed E-state index contributed by atoms with van der Waals surface area (Å²) < 4.78 is 5.83. The smallest absolute Gasteiger partial charge is 0.211 e. The van der Waals surface area contributed by atoms with E-state index in [2.05, 4.69) is 10.3 Å². The van der Waals surface area contributed by atoms with Gasteiger partial charge in [0.15, 0.2) is 0 Å². The first kappa shape index (κ1) is 10.2. The fourth-order valence-electron chi connectivity index (χ4n) is 2.04. The molecule has 17 heavy (non-hydrogen) atoms. The number of hydrogen-bond donors (Lipinski definition) is 2. The van der Waals surface area contributed by atoms with Crippen LogP contribution >= 0.6 is 0 Å². The first-order valence-electron chi connectivity index (χ1n) is 5.85. The van der Waals surface area contributed by atoms with Crippen LogP contribution in [0, 0.1) is 0 Å². The van der Waals surface area contributed by atoms with Crippen LogP contribution in [0.4, 0.5) is 5.69 Å². The van der Waals surface area contributed by atoms with Gasteiger partial charge in [0.25, 0.3) is 0 Å². The Kier molecular flexibility index (Phi) is 2.48. The predicted molar refractivity (Wildman–Crippen MR) is 66.3 cm³/mol. The molecule has 1 amide bonds. The van der Waals surface area contributed by atoms with E-state index in [1.165, 1.54) is 6.42 Å². The number of H-pyrrole nitrogens is 1. The molecule has 0 spiro atoms. The van der Waals surface area contributed by atoms with Crippen LogP contribution in [0.1, 0.15) is 19.3 Å². The maximum atomic E-state index is 10.5. The molecule has 1 aromatic carbocycles. The van der Waals surface area contributed by atoms with Crippen LogP contribution in [0.2, 0.25) is 0 Å². The molecule has 0 radical (unpaired) electrons. The molecule has 2 aromatic rings. The molecule has 88 valence electrons. The van der Waals surface area contributed by atoms with Crippen LogP contribution in [0.15, 0.2) is 24.4 Å². The van der Waals surface area contributed by atoms with Crippen molar-refractivity contribution in [2.24, 2.45) is 0 Å². The third kappa shape index (κ3) is 1.86. The quantitative estimate of drug-likeness (QED) is 0.793. The highest BCUT2D eigenvalue weighted by molar-refractivity contribution is 5.97. The lowest BCUT2D eigenvalue weighted by molar-refractivity contribution is -0.105. The van der Waals surface area contributed by atoms with E-state index in [1.807, 2.05) is 18.2 Å². The molecule has 0 unspecified atom stereocenters. The fraction of sp³-hybridized carbons (Fsp3) is 0.308. The number of aromatic amines is 1. The van der Waals surface area contributed by atoms with Gasteiger partial charge in [-0.25, -0.2) is 0 Å². The minimum Gasteiger partial charge on any atom is -0.490 e. The van der Waals surface area contributed by atoms with Crippen LogP contribution in [0.3, 0.4) is 0 Å². The van der Waals surface area contributed by atoms with E-state index in [9.17, 15) is 4.79 Å². The molecule has 0 bridgehead atoms. The number of fused-ring (bicyclic) bond motifs is 1. The third-order valence-electron chi connectivity index (χ3n) is 3.22. The van der Waals surface area contributed by atoms with Crippen molar-refractivity contribution in [3.63, 3.8) is 0 Å². The molecule has 1 fully saturated rings. The van der Waals surface area contributed by atoms with Crippen molar-refractivity contribution in [2.45, 2.75) is 25.4 Å². The Morgan fingerprint density at radius 1 is 1.41 bits per heavy atom. The highest BCUT2D eigenvalue weighted by Crippen LogP contribution is 2.30. The van der Waals surface area contributed by atoms with Crippen molar-refractivity contribution in [3.8, 4) is 5.75 Å². The zero-order valence-electron chi connectivity index (χ0n) is 9.40. The average molecular weight is 230 g/mol. The summed E-state index contributed by atoms with van der Waals surface area (Å²) >= 11 is 0. The van der Waals surface area contributed by atoms with Crippen molar-refractivity contribution in [3.05, 3.63) is 24.4 Å². The Hall–Kier alpha value is -1.97. The second-order valence-electron chi connectivity index (χ2n) is 4.34. The molecular weight excluding hydrogens is 216 g/mol. The Bertz CT molecular complexity index is 543. The first-order chi connectivity index (χ1) is 8.36. The topological polar surface area (TPSA) is 54.1 Å². The molecule has 1 aliphatic rings. The number of carbonyl (C=O) groups is 1. The van der Waals surface area contributed by atoms with Gasteiger partial charge in [-0.3, -0.25) is 4.79 Å². The minimum absolute atomic E-state index is 0.369. The van der Waals surface area contributed by atoms with Crippen molar-refractivity contribution in [1.82, 2.24) is 4.98 Å². The maximum Gasteiger partial charge on any atom is 0.211 e. The number of anilines is 1. The number of amides is 1. The van der Waals surface area contributed by atoms with Gasteiger partial charge < -0.3 is 15.0 Å². The Balaban J connectivity index is 1.91. The van der Waals surface area contributed by atoms with Gasteiger partial charge in [0.2, 0.25) is 6.41 Å². The second-order valence-corrected chi connectivity index (χ2v) is 4.34. The molecule has 4 heteroatoms. The number of rotatable bonds is 4. The summed E-state index contributed by atoms with van der Waals surface area (Å²) in [7, 11) is 0. The third-order valence-corrected chi connectivity index (χ3v) is 3.22. The fourth-order valence-corrected chi connectivity index (χ4v) is 2.04. The molecule has 1 aliphatic carbocycles. The van der Waals surface area contributed by atoms with E-state index in [0.29, 0.717) is 12.5 Å². The van der Waals surface area contributed by atoms with Crippen molar-refractivity contribution >= 4 is 23.0 Å². The van der Waals surface area contributed by atoms with E-state index >= 15 is 0 Å². The zero-order valence-corrected chi connectivity index (χ0v) is 9.40. The molecule has 2 N–H and O–H groups in total. The highest BCUT2D eigenvalue weighted by Gasteiger charge is 2.19. The number of carbonyl (C=O) groups excluding carboxylic acids is 1. The zero-order chi connectivity index (χ0) is 11.7. The molecule has 0 atom stereocenters. The Morgan fingerprint density at radius 2 is 2.29 bits per heavy atom. The van der Waals surface area contributed by atoms with Crippen LogP contribution in [0.25, 0.3) is 10.9 Å². The average Bonchev–Trinajstić information content (AvgIpc) is 2.67. The predicted octanol–water partition coefficient (Wildman–Crippen LogP) is 2.67. The molecular formula is C13H14N2O2. The van der Waals surface area contributed by atoms with E-state index in [4.69, 9.17) is 4.74 Å². The second kappa shape index (κ2) is 4.13. The summed E-state index contributed by atoms with van der Waals surface area (Å²) in [6, 6.07) is 5.90. The van der Waals surface area contributed by atoms with Crippen LogP contribution in [0.5, 0.6) is 5.75 Å². The van der Waals surface area contributed by atoms with Gasteiger partial charge in [-0.05, 0) is 37.5 Å².